The van der Waals surface area contributed by atoms with Crippen LogP contribution < -0.4 is 10.1 Å². The van der Waals surface area contributed by atoms with Crippen molar-refractivity contribution in [1.82, 2.24) is 15.1 Å². The number of para-hydroxylation sites is 1. The summed E-state index contributed by atoms with van der Waals surface area (Å²) in [5.74, 6) is 1.03. The molecule has 1 amide bonds. The number of carbonyl (C=O) groups excluding carboxylic acids is 1. The lowest BCUT2D eigenvalue weighted by atomic mass is 10.0. The maximum absolute atomic E-state index is 12.3. The van der Waals surface area contributed by atoms with Crippen LogP contribution in [0, 0.1) is 0 Å². The minimum atomic E-state index is 0.124. The fourth-order valence-corrected chi connectivity index (χ4v) is 3.15. The van der Waals surface area contributed by atoms with Crippen molar-refractivity contribution in [1.29, 1.82) is 0 Å². The van der Waals surface area contributed by atoms with Crippen LogP contribution in [0.5, 0.6) is 5.75 Å². The molecule has 1 aliphatic heterocycles. The van der Waals surface area contributed by atoms with Crippen LogP contribution in [0.4, 0.5) is 0 Å². The molecule has 1 aromatic rings. The molecule has 0 aliphatic carbocycles. The molecule has 2 rings (SSSR count). The van der Waals surface area contributed by atoms with Crippen LogP contribution in [0.1, 0.15) is 25.3 Å². The number of methoxy groups -OCH3 is 1. The van der Waals surface area contributed by atoms with E-state index in [-0.39, 0.29) is 11.9 Å². The number of carbonyl (C=O) groups is 1. The second kappa shape index (κ2) is 9.04. The number of hydrogen-bond donors (Lipinski definition) is 1. The number of nitrogens with zero attached hydrogens (tertiary/aromatic N) is 2. The SMILES string of the molecule is COc1ccccc1CC(C)N(C)CC(=O)NC1CCN(C)CC1. The maximum Gasteiger partial charge on any atom is 0.234 e. The minimum Gasteiger partial charge on any atom is -0.496 e. The standard InChI is InChI=1S/C19H31N3O2/c1-15(13-16-7-5-6-8-18(16)24-4)22(3)14-19(23)20-17-9-11-21(2)12-10-17/h5-8,15,17H,9-14H2,1-4H3,(H,20,23). The molecule has 1 aliphatic rings. The first-order valence-corrected chi connectivity index (χ1v) is 8.79. The number of piperidine rings is 1. The summed E-state index contributed by atoms with van der Waals surface area (Å²) in [6, 6.07) is 8.66. The summed E-state index contributed by atoms with van der Waals surface area (Å²) >= 11 is 0. The molecule has 1 saturated heterocycles. The summed E-state index contributed by atoms with van der Waals surface area (Å²) < 4.78 is 5.41. The van der Waals surface area contributed by atoms with E-state index in [0.717, 1.165) is 38.1 Å². The summed E-state index contributed by atoms with van der Waals surface area (Å²) in [6.07, 6.45) is 2.95. The molecule has 0 radical (unpaired) electrons. The Kier molecular flexibility index (Phi) is 7.06. The van der Waals surface area contributed by atoms with Crippen molar-refractivity contribution >= 4 is 5.91 Å². The lowest BCUT2D eigenvalue weighted by Gasteiger charge is -2.30. The zero-order valence-electron chi connectivity index (χ0n) is 15.4. The lowest BCUT2D eigenvalue weighted by Crippen LogP contribution is -2.47. The summed E-state index contributed by atoms with van der Waals surface area (Å²) in [5, 5.41) is 3.18. The fraction of sp³-hybridized carbons (Fsp3) is 0.632. The number of amides is 1. The number of likely N-dealkylation sites (N-methyl/N-ethyl adjacent to an activating group) is 1. The Bertz CT molecular complexity index is 527. The second-order valence-electron chi connectivity index (χ2n) is 6.93. The molecule has 1 aromatic carbocycles. The first kappa shape index (κ1) is 18.7. The number of rotatable bonds is 7. The van der Waals surface area contributed by atoms with Crippen molar-refractivity contribution in [3.8, 4) is 5.75 Å². The highest BCUT2D eigenvalue weighted by molar-refractivity contribution is 5.78. The highest BCUT2D eigenvalue weighted by Crippen LogP contribution is 2.20. The Morgan fingerprint density at radius 3 is 2.71 bits per heavy atom. The van der Waals surface area contributed by atoms with E-state index in [1.807, 2.05) is 25.2 Å². The van der Waals surface area contributed by atoms with Gasteiger partial charge in [0.25, 0.3) is 0 Å². The van der Waals surface area contributed by atoms with Crippen molar-refractivity contribution in [3.05, 3.63) is 29.8 Å². The van der Waals surface area contributed by atoms with Crippen molar-refractivity contribution in [3.63, 3.8) is 0 Å². The van der Waals surface area contributed by atoms with E-state index in [4.69, 9.17) is 4.74 Å². The molecule has 0 bridgehead atoms. The summed E-state index contributed by atoms with van der Waals surface area (Å²) in [7, 11) is 5.84. The molecule has 134 valence electrons. The number of hydrogen-bond acceptors (Lipinski definition) is 4. The largest absolute Gasteiger partial charge is 0.496 e. The third-order valence-electron chi connectivity index (χ3n) is 4.94. The lowest BCUT2D eigenvalue weighted by molar-refractivity contribution is -0.123. The molecule has 0 spiro atoms. The average Bonchev–Trinajstić information content (AvgIpc) is 2.57. The molecule has 0 aromatic heterocycles. The van der Waals surface area contributed by atoms with Gasteiger partial charge in [0.05, 0.1) is 13.7 Å². The van der Waals surface area contributed by atoms with E-state index >= 15 is 0 Å². The Hall–Kier alpha value is -1.59. The predicted molar refractivity (Wildman–Crippen MR) is 97.5 cm³/mol. The van der Waals surface area contributed by atoms with Crippen LogP contribution >= 0.6 is 0 Å². The van der Waals surface area contributed by atoms with Crippen molar-refractivity contribution in [2.75, 3.05) is 40.8 Å². The molecule has 5 heteroatoms. The van der Waals surface area contributed by atoms with E-state index < -0.39 is 0 Å². The van der Waals surface area contributed by atoms with Crippen LogP contribution in [-0.4, -0.2) is 68.6 Å². The normalized spacial score (nSPS) is 17.7. The monoisotopic (exact) mass is 333 g/mol. The molecule has 1 fully saturated rings. The Balaban J connectivity index is 1.80. The number of likely N-dealkylation sites (tertiary alicyclic amines) is 1. The second-order valence-corrected chi connectivity index (χ2v) is 6.93. The van der Waals surface area contributed by atoms with Gasteiger partial charge in [-0.1, -0.05) is 18.2 Å². The van der Waals surface area contributed by atoms with Crippen molar-refractivity contribution in [2.45, 2.75) is 38.3 Å². The van der Waals surface area contributed by atoms with Crippen LogP contribution in [0.15, 0.2) is 24.3 Å². The zero-order valence-corrected chi connectivity index (χ0v) is 15.4. The first-order chi connectivity index (χ1) is 11.5. The summed E-state index contributed by atoms with van der Waals surface area (Å²) in [5.41, 5.74) is 1.18. The van der Waals surface area contributed by atoms with E-state index in [1.54, 1.807) is 7.11 Å². The van der Waals surface area contributed by atoms with Gasteiger partial charge in [-0.15, -0.1) is 0 Å². The van der Waals surface area contributed by atoms with Gasteiger partial charge in [0.2, 0.25) is 5.91 Å². The number of ether oxygens (including phenoxy) is 1. The molecule has 1 N–H and O–H groups in total. The van der Waals surface area contributed by atoms with Crippen LogP contribution in [0.2, 0.25) is 0 Å². The van der Waals surface area contributed by atoms with Crippen LogP contribution in [0.3, 0.4) is 0 Å². The van der Waals surface area contributed by atoms with E-state index in [0.29, 0.717) is 12.6 Å². The zero-order chi connectivity index (χ0) is 17.5. The molecule has 1 unspecified atom stereocenters. The number of benzene rings is 1. The third-order valence-corrected chi connectivity index (χ3v) is 4.94. The molecule has 5 nitrogen and oxygen atoms in total. The van der Waals surface area contributed by atoms with Gasteiger partial charge < -0.3 is 15.0 Å². The van der Waals surface area contributed by atoms with Gasteiger partial charge in [0.1, 0.15) is 5.75 Å². The number of nitrogens with one attached hydrogen (secondary N) is 1. The fourth-order valence-electron chi connectivity index (χ4n) is 3.15. The van der Waals surface area contributed by atoms with Gasteiger partial charge in [-0.25, -0.2) is 0 Å². The summed E-state index contributed by atoms with van der Waals surface area (Å²) in [6.45, 7) is 4.70. The van der Waals surface area contributed by atoms with Crippen LogP contribution in [-0.2, 0) is 11.2 Å². The topological polar surface area (TPSA) is 44.8 Å². The van der Waals surface area contributed by atoms with Gasteiger partial charge in [-0.3, -0.25) is 9.69 Å². The predicted octanol–water partition coefficient (Wildman–Crippen LogP) is 1.77. The minimum absolute atomic E-state index is 0.124. The van der Waals surface area contributed by atoms with E-state index in [9.17, 15) is 4.79 Å². The average molecular weight is 333 g/mol. The van der Waals surface area contributed by atoms with Gasteiger partial charge in [-0.2, -0.15) is 0 Å². The molecular formula is C19H31N3O2. The van der Waals surface area contributed by atoms with Crippen molar-refractivity contribution in [2.24, 2.45) is 0 Å². The Labute approximate surface area is 146 Å². The smallest absolute Gasteiger partial charge is 0.234 e. The van der Waals surface area contributed by atoms with Gasteiger partial charge in [-0.05, 0) is 65.0 Å². The molecule has 0 saturated carbocycles. The Morgan fingerprint density at radius 1 is 1.38 bits per heavy atom. The van der Waals surface area contributed by atoms with Crippen molar-refractivity contribution < 1.29 is 9.53 Å². The summed E-state index contributed by atoms with van der Waals surface area (Å²) in [4.78, 5) is 16.7. The highest BCUT2D eigenvalue weighted by atomic mass is 16.5. The highest BCUT2D eigenvalue weighted by Gasteiger charge is 2.20. The first-order valence-electron chi connectivity index (χ1n) is 8.79. The molecule has 1 heterocycles. The third kappa shape index (κ3) is 5.49. The van der Waals surface area contributed by atoms with E-state index in [1.165, 1.54) is 5.56 Å². The van der Waals surface area contributed by atoms with Gasteiger partial charge in [0, 0.05) is 12.1 Å². The molecule has 24 heavy (non-hydrogen) atoms. The van der Waals surface area contributed by atoms with Gasteiger partial charge in [0.15, 0.2) is 0 Å². The molecule has 1 atom stereocenters. The van der Waals surface area contributed by atoms with Crippen LogP contribution in [0.25, 0.3) is 0 Å². The molecular weight excluding hydrogens is 302 g/mol. The Morgan fingerprint density at radius 2 is 2.04 bits per heavy atom. The maximum atomic E-state index is 12.3. The quantitative estimate of drug-likeness (QED) is 0.826. The van der Waals surface area contributed by atoms with E-state index in [2.05, 4.69) is 35.2 Å². The van der Waals surface area contributed by atoms with Gasteiger partial charge >= 0.3 is 0 Å².